The fourth-order valence-electron chi connectivity index (χ4n) is 1.85. The fraction of sp³-hybridized carbons (Fsp3) is 0.286. The normalized spacial score (nSPS) is 10.4. The van der Waals surface area contributed by atoms with Crippen molar-refractivity contribution in [3.63, 3.8) is 0 Å². The Hall–Kier alpha value is -2.37. The molecule has 0 aliphatic heterocycles. The van der Waals surface area contributed by atoms with Gasteiger partial charge in [-0.05, 0) is 13.0 Å². The molecule has 0 saturated heterocycles. The highest BCUT2D eigenvalue weighted by molar-refractivity contribution is 5.29. The lowest BCUT2D eigenvalue weighted by Gasteiger charge is -2.12. The van der Waals surface area contributed by atoms with E-state index in [0.29, 0.717) is 17.0 Å². The van der Waals surface area contributed by atoms with E-state index in [0.717, 1.165) is 0 Å². The van der Waals surface area contributed by atoms with Gasteiger partial charge in [0.2, 0.25) is 0 Å². The maximum absolute atomic E-state index is 13.9. The third-order valence-corrected chi connectivity index (χ3v) is 2.87. The first-order valence-electron chi connectivity index (χ1n) is 6.00. The van der Waals surface area contributed by atoms with E-state index in [4.69, 9.17) is 9.47 Å². The van der Waals surface area contributed by atoms with Crippen molar-refractivity contribution in [2.45, 2.75) is 13.5 Å². The van der Waals surface area contributed by atoms with E-state index in [1.807, 2.05) is 0 Å². The molecule has 0 aliphatic rings. The first kappa shape index (κ1) is 14.0. The van der Waals surface area contributed by atoms with Crippen molar-refractivity contribution in [3.8, 4) is 11.8 Å². The van der Waals surface area contributed by atoms with E-state index in [-0.39, 0.29) is 18.1 Å². The largest absolute Gasteiger partial charge is 0.497 e. The standard InChI is InChI=1S/C14H15FN2O3/c1-9-6-13(18)17(14(16-9)20-3)8-10-4-5-11(19-2)7-12(10)15/h4-7H,8H2,1-3H3. The lowest BCUT2D eigenvalue weighted by molar-refractivity contribution is 0.348. The first-order chi connectivity index (χ1) is 9.55. The Bertz CT molecular complexity index is 683. The third kappa shape index (κ3) is 2.79. The van der Waals surface area contributed by atoms with Crippen molar-refractivity contribution >= 4 is 0 Å². The Labute approximate surface area is 115 Å². The van der Waals surface area contributed by atoms with E-state index < -0.39 is 5.82 Å². The number of nitrogens with zero attached hydrogens (tertiary/aromatic N) is 2. The summed E-state index contributed by atoms with van der Waals surface area (Å²) >= 11 is 0. The number of rotatable bonds is 4. The number of ether oxygens (including phenoxy) is 2. The zero-order valence-corrected chi connectivity index (χ0v) is 11.5. The van der Waals surface area contributed by atoms with Crippen LogP contribution in [-0.4, -0.2) is 23.8 Å². The summed E-state index contributed by atoms with van der Waals surface area (Å²) in [6.07, 6.45) is 0. The molecule has 106 valence electrons. The Morgan fingerprint density at radius 1 is 1.25 bits per heavy atom. The molecule has 5 nitrogen and oxygen atoms in total. The zero-order chi connectivity index (χ0) is 14.7. The van der Waals surface area contributed by atoms with Crippen molar-refractivity contribution in [2.24, 2.45) is 0 Å². The van der Waals surface area contributed by atoms with Crippen LogP contribution in [0.2, 0.25) is 0 Å². The van der Waals surface area contributed by atoms with Crippen molar-refractivity contribution < 1.29 is 13.9 Å². The number of methoxy groups -OCH3 is 2. The number of benzene rings is 1. The molecule has 0 N–H and O–H groups in total. The van der Waals surface area contributed by atoms with Gasteiger partial charge in [0, 0.05) is 23.4 Å². The van der Waals surface area contributed by atoms with Crippen LogP contribution < -0.4 is 15.0 Å². The van der Waals surface area contributed by atoms with Crippen LogP contribution in [0.4, 0.5) is 4.39 Å². The summed E-state index contributed by atoms with van der Waals surface area (Å²) in [7, 11) is 2.88. The molecule has 0 aliphatic carbocycles. The molecule has 0 spiro atoms. The minimum atomic E-state index is -0.445. The fourth-order valence-corrected chi connectivity index (χ4v) is 1.85. The summed E-state index contributed by atoms with van der Waals surface area (Å²) in [5.41, 5.74) is 0.625. The van der Waals surface area contributed by atoms with Gasteiger partial charge in [-0.3, -0.25) is 9.36 Å². The van der Waals surface area contributed by atoms with Gasteiger partial charge >= 0.3 is 0 Å². The molecule has 0 unspecified atom stereocenters. The molecule has 2 aromatic rings. The van der Waals surface area contributed by atoms with Crippen molar-refractivity contribution in [2.75, 3.05) is 14.2 Å². The molecule has 2 rings (SSSR count). The first-order valence-corrected chi connectivity index (χ1v) is 6.00. The smallest absolute Gasteiger partial charge is 0.299 e. The molecular formula is C14H15FN2O3. The van der Waals surface area contributed by atoms with Crippen molar-refractivity contribution in [1.29, 1.82) is 0 Å². The summed E-state index contributed by atoms with van der Waals surface area (Å²) in [4.78, 5) is 16.1. The van der Waals surface area contributed by atoms with Gasteiger partial charge in [-0.15, -0.1) is 0 Å². The lowest BCUT2D eigenvalue weighted by Crippen LogP contribution is -2.23. The van der Waals surface area contributed by atoms with Crippen molar-refractivity contribution in [1.82, 2.24) is 9.55 Å². The van der Waals surface area contributed by atoms with E-state index in [2.05, 4.69) is 4.98 Å². The highest BCUT2D eigenvalue weighted by Crippen LogP contribution is 2.18. The predicted octanol–water partition coefficient (Wildman–Crippen LogP) is 1.76. The van der Waals surface area contributed by atoms with E-state index in [1.54, 1.807) is 19.1 Å². The summed E-state index contributed by atoms with van der Waals surface area (Å²) < 4.78 is 25.2. The SMILES string of the molecule is COc1ccc(Cn2c(OC)nc(C)cc2=O)c(F)c1. The number of hydrogen-bond donors (Lipinski definition) is 0. The Balaban J connectivity index is 2.42. The highest BCUT2D eigenvalue weighted by atomic mass is 19.1. The van der Waals surface area contributed by atoms with Gasteiger partial charge in [-0.2, -0.15) is 0 Å². The van der Waals surface area contributed by atoms with Crippen LogP contribution in [0.5, 0.6) is 11.8 Å². The van der Waals surface area contributed by atoms with Crippen LogP contribution in [0.25, 0.3) is 0 Å². The molecule has 20 heavy (non-hydrogen) atoms. The van der Waals surface area contributed by atoms with E-state index in [9.17, 15) is 9.18 Å². The van der Waals surface area contributed by atoms with Gasteiger partial charge in [-0.1, -0.05) is 6.07 Å². The minimum Gasteiger partial charge on any atom is -0.497 e. The lowest BCUT2D eigenvalue weighted by atomic mass is 10.2. The average Bonchev–Trinajstić information content (AvgIpc) is 2.42. The molecular weight excluding hydrogens is 263 g/mol. The average molecular weight is 278 g/mol. The maximum atomic E-state index is 13.9. The van der Waals surface area contributed by atoms with Crippen molar-refractivity contribution in [3.05, 3.63) is 51.7 Å². The van der Waals surface area contributed by atoms with Crippen LogP contribution in [0, 0.1) is 12.7 Å². The summed E-state index contributed by atoms with van der Waals surface area (Å²) in [6.45, 7) is 1.74. The Kier molecular flexibility index (Phi) is 4.02. The van der Waals surface area contributed by atoms with E-state index >= 15 is 0 Å². The van der Waals surface area contributed by atoms with Gasteiger partial charge in [0.05, 0.1) is 20.8 Å². The van der Waals surface area contributed by atoms with E-state index in [1.165, 1.54) is 30.9 Å². The Morgan fingerprint density at radius 2 is 2.00 bits per heavy atom. The molecule has 1 heterocycles. The van der Waals surface area contributed by atoms with Gasteiger partial charge in [0.15, 0.2) is 0 Å². The number of aryl methyl sites for hydroxylation is 1. The molecule has 0 atom stereocenters. The third-order valence-electron chi connectivity index (χ3n) is 2.87. The van der Waals surface area contributed by atoms with Crippen LogP contribution in [0.3, 0.4) is 0 Å². The number of aromatic nitrogens is 2. The quantitative estimate of drug-likeness (QED) is 0.855. The molecule has 0 saturated carbocycles. The molecule has 0 bridgehead atoms. The maximum Gasteiger partial charge on any atom is 0.299 e. The molecule has 0 radical (unpaired) electrons. The molecule has 1 aromatic heterocycles. The van der Waals surface area contributed by atoms with Gasteiger partial charge < -0.3 is 9.47 Å². The molecule has 0 fully saturated rings. The number of hydrogen-bond acceptors (Lipinski definition) is 4. The van der Waals surface area contributed by atoms with Crippen LogP contribution in [0.1, 0.15) is 11.3 Å². The van der Waals surface area contributed by atoms with Gasteiger partial charge in [0.25, 0.3) is 11.6 Å². The predicted molar refractivity (Wildman–Crippen MR) is 71.8 cm³/mol. The molecule has 1 aromatic carbocycles. The molecule has 0 amide bonds. The topological polar surface area (TPSA) is 53.4 Å². The van der Waals surface area contributed by atoms with Crippen LogP contribution in [-0.2, 0) is 6.54 Å². The van der Waals surface area contributed by atoms with Crippen LogP contribution >= 0.6 is 0 Å². The monoisotopic (exact) mass is 278 g/mol. The molecule has 6 heteroatoms. The van der Waals surface area contributed by atoms with Gasteiger partial charge in [-0.25, -0.2) is 9.37 Å². The highest BCUT2D eigenvalue weighted by Gasteiger charge is 2.11. The van der Waals surface area contributed by atoms with Crippen LogP contribution in [0.15, 0.2) is 29.1 Å². The second-order valence-corrected chi connectivity index (χ2v) is 4.27. The second kappa shape index (κ2) is 5.73. The summed E-state index contributed by atoms with van der Waals surface area (Å²) in [6, 6.07) is 6.01. The minimum absolute atomic E-state index is 0.0467. The zero-order valence-electron chi connectivity index (χ0n) is 11.5. The second-order valence-electron chi connectivity index (χ2n) is 4.27. The summed E-state index contributed by atoms with van der Waals surface area (Å²) in [5, 5.41) is 0. The van der Waals surface area contributed by atoms with Gasteiger partial charge in [0.1, 0.15) is 11.6 Å². The Morgan fingerprint density at radius 3 is 2.60 bits per heavy atom. The summed E-state index contributed by atoms with van der Waals surface area (Å²) in [5.74, 6) is -0.0218. The number of halogens is 1.